The lowest BCUT2D eigenvalue weighted by atomic mass is 9.90. The van der Waals surface area contributed by atoms with Crippen molar-refractivity contribution >= 4 is 60.5 Å². The van der Waals surface area contributed by atoms with Crippen LogP contribution in [-0.4, -0.2) is 4.98 Å². The molecule has 0 fully saturated rings. The molecule has 0 aliphatic carbocycles. The van der Waals surface area contributed by atoms with Gasteiger partial charge in [-0.1, -0.05) is 133 Å². The van der Waals surface area contributed by atoms with E-state index in [4.69, 9.17) is 4.42 Å². The first-order chi connectivity index (χ1) is 25.8. The molecule has 2 aromatic heterocycles. The van der Waals surface area contributed by atoms with Crippen molar-refractivity contribution < 1.29 is 4.42 Å². The van der Waals surface area contributed by atoms with Gasteiger partial charge in [-0.3, -0.25) is 4.98 Å². The summed E-state index contributed by atoms with van der Waals surface area (Å²) < 4.78 is 6.80. The summed E-state index contributed by atoms with van der Waals surface area (Å²) in [5.74, 6) is 0. The number of hydrogen-bond acceptors (Lipinski definition) is 3. The highest BCUT2D eigenvalue weighted by Gasteiger charge is 2.22. The Kier molecular flexibility index (Phi) is 7.14. The minimum absolute atomic E-state index is 0.840. The first-order valence-corrected chi connectivity index (χ1v) is 17.6. The van der Waals surface area contributed by atoms with Gasteiger partial charge in [0, 0.05) is 39.9 Å². The molecular formula is C49H32N2O. The molecule has 52 heavy (non-hydrogen) atoms. The number of nitrogens with zero attached hydrogens (tertiary/aromatic N) is 2. The minimum atomic E-state index is 0.840. The maximum atomic E-state index is 6.80. The maximum Gasteiger partial charge on any atom is 0.159 e. The van der Waals surface area contributed by atoms with Gasteiger partial charge in [0.05, 0.1) is 5.69 Å². The number of para-hydroxylation sites is 1. The van der Waals surface area contributed by atoms with Crippen molar-refractivity contribution in [3.63, 3.8) is 0 Å². The molecule has 0 spiro atoms. The molecule has 10 aromatic rings. The van der Waals surface area contributed by atoms with Gasteiger partial charge in [-0.25, -0.2) is 0 Å². The quantitative estimate of drug-likeness (QED) is 0.177. The van der Waals surface area contributed by atoms with E-state index in [1.165, 1.54) is 44.2 Å². The van der Waals surface area contributed by atoms with Crippen LogP contribution in [0.2, 0.25) is 0 Å². The lowest BCUT2D eigenvalue weighted by molar-refractivity contribution is 0.669. The lowest BCUT2D eigenvalue weighted by Gasteiger charge is -2.27. The molecule has 3 nitrogen and oxygen atoms in total. The molecule has 10 rings (SSSR count). The number of furan rings is 1. The maximum absolute atomic E-state index is 6.80. The molecule has 2 heterocycles. The van der Waals surface area contributed by atoms with Crippen LogP contribution >= 0.6 is 0 Å². The Bertz CT molecular complexity index is 2890. The second-order valence-corrected chi connectivity index (χ2v) is 13.2. The van der Waals surface area contributed by atoms with Crippen molar-refractivity contribution in [2.75, 3.05) is 4.90 Å². The highest BCUT2D eigenvalue weighted by molar-refractivity contribution is 6.14. The third-order valence-corrected chi connectivity index (χ3v) is 10.1. The van der Waals surface area contributed by atoms with Gasteiger partial charge >= 0.3 is 0 Å². The smallest absolute Gasteiger partial charge is 0.159 e. The van der Waals surface area contributed by atoms with Gasteiger partial charge in [-0.2, -0.15) is 0 Å². The number of aromatic nitrogens is 1. The Labute approximate surface area is 301 Å². The summed E-state index contributed by atoms with van der Waals surface area (Å²) in [6.45, 7) is 0. The van der Waals surface area contributed by atoms with Crippen molar-refractivity contribution in [1.82, 2.24) is 4.98 Å². The number of hydrogen-bond donors (Lipinski definition) is 0. The molecule has 0 bridgehead atoms. The molecule has 0 saturated carbocycles. The highest BCUT2D eigenvalue weighted by Crippen LogP contribution is 2.46. The second kappa shape index (κ2) is 12.4. The van der Waals surface area contributed by atoms with Gasteiger partial charge in [-0.15, -0.1) is 0 Å². The average molecular weight is 665 g/mol. The van der Waals surface area contributed by atoms with Crippen molar-refractivity contribution in [2.45, 2.75) is 0 Å². The molecule has 0 saturated heterocycles. The Balaban J connectivity index is 1.23. The van der Waals surface area contributed by atoms with E-state index < -0.39 is 0 Å². The van der Waals surface area contributed by atoms with Crippen molar-refractivity contribution in [3.8, 4) is 33.4 Å². The van der Waals surface area contributed by atoms with Crippen molar-refractivity contribution in [1.29, 1.82) is 0 Å². The summed E-state index contributed by atoms with van der Waals surface area (Å²) >= 11 is 0. The van der Waals surface area contributed by atoms with E-state index in [1.54, 1.807) is 0 Å². The topological polar surface area (TPSA) is 29.3 Å². The van der Waals surface area contributed by atoms with Crippen LogP contribution in [0, 0.1) is 0 Å². The molecule has 0 amide bonds. The molecule has 0 N–H and O–H groups in total. The Morgan fingerprint density at radius 3 is 1.94 bits per heavy atom. The van der Waals surface area contributed by atoms with E-state index >= 15 is 0 Å². The first-order valence-electron chi connectivity index (χ1n) is 17.6. The third-order valence-electron chi connectivity index (χ3n) is 10.1. The van der Waals surface area contributed by atoms with Gasteiger partial charge in [-0.05, 0) is 98.1 Å². The summed E-state index contributed by atoms with van der Waals surface area (Å²) in [4.78, 5) is 6.70. The summed E-state index contributed by atoms with van der Waals surface area (Å²) in [5.41, 5.74) is 11.8. The van der Waals surface area contributed by atoms with E-state index in [0.717, 1.165) is 49.8 Å². The van der Waals surface area contributed by atoms with Crippen LogP contribution in [0.3, 0.4) is 0 Å². The van der Waals surface area contributed by atoms with Crippen molar-refractivity contribution in [3.05, 3.63) is 194 Å². The summed E-state index contributed by atoms with van der Waals surface area (Å²) in [6.07, 6.45) is 3.74. The van der Waals surface area contributed by atoms with Crippen LogP contribution in [0.1, 0.15) is 0 Å². The predicted octanol–water partition coefficient (Wildman–Crippen LogP) is 13.8. The van der Waals surface area contributed by atoms with E-state index in [0.29, 0.717) is 0 Å². The molecule has 0 aliphatic heterocycles. The highest BCUT2D eigenvalue weighted by atomic mass is 16.3. The van der Waals surface area contributed by atoms with Crippen molar-refractivity contribution in [2.24, 2.45) is 0 Å². The molecule has 244 valence electrons. The normalized spacial score (nSPS) is 11.5. The first kappa shape index (κ1) is 29.9. The Morgan fingerprint density at radius 1 is 0.404 bits per heavy atom. The Hall–Kier alpha value is -6.97. The Morgan fingerprint density at radius 2 is 1.10 bits per heavy atom. The molecule has 0 unspecified atom stereocenters. The van der Waals surface area contributed by atoms with E-state index in [-0.39, 0.29) is 0 Å². The third kappa shape index (κ3) is 5.10. The van der Waals surface area contributed by atoms with Gasteiger partial charge in [0.25, 0.3) is 0 Å². The SMILES string of the molecule is c1ccc(-c2ccc(N(c3ccc(-c4ccccc4)c(-c4cccc5ccccc45)c3)c3cccc4c3oc3cc5cnccc5cc34)cc2)cc1. The molecule has 3 heteroatoms. The average Bonchev–Trinajstić information content (AvgIpc) is 3.59. The van der Waals surface area contributed by atoms with Gasteiger partial charge in [0.2, 0.25) is 0 Å². The fourth-order valence-electron chi connectivity index (χ4n) is 7.62. The lowest BCUT2D eigenvalue weighted by Crippen LogP contribution is -2.10. The monoisotopic (exact) mass is 664 g/mol. The molecule has 8 aromatic carbocycles. The zero-order valence-electron chi connectivity index (χ0n) is 28.3. The molecule has 0 radical (unpaired) electrons. The number of benzene rings is 8. The number of rotatable bonds is 6. The standard InChI is InChI=1S/C49H32N2O/c1-3-11-33(12-4-1)34-21-23-39(24-22-34)51(47-20-10-19-44-46-29-37-27-28-50-32-38(37)30-48(46)52-49(44)47)40-25-26-42(35-13-5-2-6-14-35)45(31-40)43-18-9-16-36-15-7-8-17-41(36)43/h1-32H. The fourth-order valence-corrected chi connectivity index (χ4v) is 7.62. The van der Waals surface area contributed by atoms with Crippen LogP contribution in [0.25, 0.3) is 76.9 Å². The number of fused-ring (bicyclic) bond motifs is 5. The second-order valence-electron chi connectivity index (χ2n) is 13.2. The van der Waals surface area contributed by atoms with Crippen LogP contribution in [0.15, 0.2) is 199 Å². The zero-order chi connectivity index (χ0) is 34.4. The number of pyridine rings is 1. The summed E-state index contributed by atoms with van der Waals surface area (Å²) in [5, 5.41) is 6.80. The molecular weight excluding hydrogens is 633 g/mol. The van der Waals surface area contributed by atoms with Crippen LogP contribution in [0.5, 0.6) is 0 Å². The van der Waals surface area contributed by atoms with Crippen LogP contribution in [0.4, 0.5) is 17.1 Å². The fraction of sp³-hybridized carbons (Fsp3) is 0. The van der Waals surface area contributed by atoms with E-state index in [9.17, 15) is 0 Å². The molecule has 0 aliphatic rings. The zero-order valence-corrected chi connectivity index (χ0v) is 28.3. The number of anilines is 3. The molecule has 0 atom stereocenters. The van der Waals surface area contributed by atoms with Crippen LogP contribution < -0.4 is 4.90 Å². The van der Waals surface area contributed by atoms with Gasteiger partial charge < -0.3 is 9.32 Å². The van der Waals surface area contributed by atoms with Gasteiger partial charge in [0.1, 0.15) is 5.58 Å². The predicted molar refractivity (Wildman–Crippen MR) is 218 cm³/mol. The van der Waals surface area contributed by atoms with E-state index in [2.05, 4.69) is 192 Å². The summed E-state index contributed by atoms with van der Waals surface area (Å²) in [6, 6.07) is 65.0. The largest absolute Gasteiger partial charge is 0.454 e. The van der Waals surface area contributed by atoms with Crippen LogP contribution in [-0.2, 0) is 0 Å². The minimum Gasteiger partial charge on any atom is -0.454 e. The van der Waals surface area contributed by atoms with Gasteiger partial charge in [0.15, 0.2) is 5.58 Å². The summed E-state index contributed by atoms with van der Waals surface area (Å²) in [7, 11) is 0. The van der Waals surface area contributed by atoms with E-state index in [1.807, 2.05) is 12.4 Å².